The van der Waals surface area contributed by atoms with Crippen molar-refractivity contribution in [2.24, 2.45) is 0 Å². The maximum absolute atomic E-state index is 5.37. The molecule has 2 aromatic rings. The quantitative estimate of drug-likeness (QED) is 0.610. The van der Waals surface area contributed by atoms with Crippen LogP contribution in [0.25, 0.3) is 11.0 Å². The first kappa shape index (κ1) is 7.74. The summed E-state index contributed by atoms with van der Waals surface area (Å²) in [4.78, 5) is 0. The molecule has 2 heteroatoms. The van der Waals surface area contributed by atoms with Crippen molar-refractivity contribution >= 4 is 23.6 Å². The first-order valence-corrected chi connectivity index (χ1v) is 4.32. The largest absolute Gasteiger partial charge is 0.450 e. The zero-order chi connectivity index (χ0) is 8.72. The van der Waals surface area contributed by atoms with Crippen molar-refractivity contribution in [3.63, 3.8) is 0 Å². The molecule has 0 spiro atoms. The Kier molecular flexibility index (Phi) is 1.65. The molecule has 0 saturated carbocycles. The summed E-state index contributed by atoms with van der Waals surface area (Å²) in [5.74, 6) is 0. The van der Waals surface area contributed by atoms with E-state index in [2.05, 4.69) is 32.5 Å². The lowest BCUT2D eigenvalue weighted by atomic mass is 10.1. The topological polar surface area (TPSA) is 13.1 Å². The second kappa shape index (κ2) is 2.56. The SMILES string of the molecule is Cc1ccc2oc(S)cc2c1C. The van der Waals surface area contributed by atoms with Crippen molar-refractivity contribution in [3.8, 4) is 0 Å². The van der Waals surface area contributed by atoms with E-state index in [4.69, 9.17) is 4.42 Å². The normalized spacial score (nSPS) is 10.9. The number of fused-ring (bicyclic) bond motifs is 1. The number of hydrogen-bond donors (Lipinski definition) is 1. The Balaban J connectivity index is 2.89. The van der Waals surface area contributed by atoms with Gasteiger partial charge in [-0.2, -0.15) is 0 Å². The van der Waals surface area contributed by atoms with Gasteiger partial charge in [0.1, 0.15) is 5.58 Å². The fourth-order valence-corrected chi connectivity index (χ4v) is 1.57. The van der Waals surface area contributed by atoms with E-state index in [1.165, 1.54) is 16.5 Å². The molecule has 0 aliphatic heterocycles. The van der Waals surface area contributed by atoms with Crippen LogP contribution in [0.5, 0.6) is 0 Å². The van der Waals surface area contributed by atoms with Crippen molar-refractivity contribution in [2.45, 2.75) is 18.9 Å². The molecule has 0 amide bonds. The Bertz CT molecular complexity index is 429. The summed E-state index contributed by atoms with van der Waals surface area (Å²) < 4.78 is 5.37. The number of thiol groups is 1. The summed E-state index contributed by atoms with van der Waals surface area (Å²) in [7, 11) is 0. The predicted octanol–water partition coefficient (Wildman–Crippen LogP) is 3.34. The Morgan fingerprint density at radius 1 is 1.25 bits per heavy atom. The number of furan rings is 1. The van der Waals surface area contributed by atoms with E-state index in [0.29, 0.717) is 5.09 Å². The average molecular weight is 178 g/mol. The van der Waals surface area contributed by atoms with Gasteiger partial charge in [0.2, 0.25) is 0 Å². The highest BCUT2D eigenvalue weighted by Crippen LogP contribution is 2.26. The summed E-state index contributed by atoms with van der Waals surface area (Å²) in [6.45, 7) is 4.19. The molecule has 0 saturated heterocycles. The van der Waals surface area contributed by atoms with Gasteiger partial charge < -0.3 is 4.42 Å². The van der Waals surface area contributed by atoms with E-state index >= 15 is 0 Å². The fourth-order valence-electron chi connectivity index (χ4n) is 1.35. The average Bonchev–Trinajstić information content (AvgIpc) is 2.39. The monoisotopic (exact) mass is 178 g/mol. The lowest BCUT2D eigenvalue weighted by molar-refractivity contribution is 0.517. The first-order chi connectivity index (χ1) is 5.68. The van der Waals surface area contributed by atoms with Crippen LogP contribution in [0.3, 0.4) is 0 Å². The van der Waals surface area contributed by atoms with Crippen molar-refractivity contribution in [2.75, 3.05) is 0 Å². The summed E-state index contributed by atoms with van der Waals surface area (Å²) >= 11 is 4.16. The highest BCUT2D eigenvalue weighted by molar-refractivity contribution is 7.80. The van der Waals surface area contributed by atoms with Gasteiger partial charge in [-0.1, -0.05) is 6.07 Å². The van der Waals surface area contributed by atoms with Crippen LogP contribution in [0.4, 0.5) is 0 Å². The molecule has 0 unspecified atom stereocenters. The lowest BCUT2D eigenvalue weighted by Crippen LogP contribution is -1.78. The van der Waals surface area contributed by atoms with Gasteiger partial charge in [0.25, 0.3) is 0 Å². The highest BCUT2D eigenvalue weighted by Gasteiger charge is 2.04. The van der Waals surface area contributed by atoms with Crippen molar-refractivity contribution in [1.82, 2.24) is 0 Å². The van der Waals surface area contributed by atoms with Crippen molar-refractivity contribution in [3.05, 3.63) is 29.3 Å². The Morgan fingerprint density at radius 3 is 2.75 bits per heavy atom. The zero-order valence-electron chi connectivity index (χ0n) is 7.09. The van der Waals surface area contributed by atoms with Crippen LogP contribution in [-0.4, -0.2) is 0 Å². The van der Waals surface area contributed by atoms with Crippen molar-refractivity contribution in [1.29, 1.82) is 0 Å². The van der Waals surface area contributed by atoms with Gasteiger partial charge in [-0.15, -0.1) is 12.6 Å². The fraction of sp³-hybridized carbons (Fsp3) is 0.200. The molecule has 62 valence electrons. The number of hydrogen-bond acceptors (Lipinski definition) is 2. The maximum atomic E-state index is 5.37. The van der Waals surface area contributed by atoms with Crippen LogP contribution in [-0.2, 0) is 0 Å². The molecule has 1 aromatic heterocycles. The molecule has 0 radical (unpaired) electrons. The highest BCUT2D eigenvalue weighted by atomic mass is 32.1. The summed E-state index contributed by atoms with van der Waals surface area (Å²) in [5.41, 5.74) is 3.48. The number of aryl methyl sites for hydroxylation is 2. The van der Waals surface area contributed by atoms with Crippen LogP contribution in [0.15, 0.2) is 27.7 Å². The van der Waals surface area contributed by atoms with Crippen LogP contribution in [0, 0.1) is 13.8 Å². The zero-order valence-corrected chi connectivity index (χ0v) is 7.98. The van der Waals surface area contributed by atoms with Gasteiger partial charge in [0.15, 0.2) is 5.09 Å². The molecule has 0 aliphatic carbocycles. The van der Waals surface area contributed by atoms with Gasteiger partial charge in [0.05, 0.1) is 0 Å². The minimum absolute atomic E-state index is 0.679. The van der Waals surface area contributed by atoms with Gasteiger partial charge >= 0.3 is 0 Å². The van der Waals surface area contributed by atoms with Crippen LogP contribution in [0.1, 0.15) is 11.1 Å². The molecular formula is C10H10OS. The van der Waals surface area contributed by atoms with Crippen LogP contribution in [0.2, 0.25) is 0 Å². The third kappa shape index (κ3) is 1.03. The molecule has 1 aromatic carbocycles. The molecular weight excluding hydrogens is 168 g/mol. The van der Waals surface area contributed by atoms with Gasteiger partial charge in [0, 0.05) is 5.39 Å². The van der Waals surface area contributed by atoms with Gasteiger partial charge in [-0.05, 0) is 37.1 Å². The van der Waals surface area contributed by atoms with Gasteiger partial charge in [-0.25, -0.2) is 0 Å². The molecule has 0 N–H and O–H groups in total. The first-order valence-electron chi connectivity index (χ1n) is 3.87. The summed E-state index contributed by atoms with van der Waals surface area (Å²) in [5, 5.41) is 1.85. The van der Waals surface area contributed by atoms with E-state index in [-0.39, 0.29) is 0 Å². The Hall–Kier alpha value is -0.890. The molecule has 2 rings (SSSR count). The third-order valence-electron chi connectivity index (χ3n) is 2.23. The van der Waals surface area contributed by atoms with E-state index < -0.39 is 0 Å². The second-order valence-electron chi connectivity index (χ2n) is 3.00. The minimum atomic E-state index is 0.679. The molecule has 12 heavy (non-hydrogen) atoms. The summed E-state index contributed by atoms with van der Waals surface area (Å²) in [6, 6.07) is 6.01. The number of rotatable bonds is 0. The van der Waals surface area contributed by atoms with Crippen LogP contribution >= 0.6 is 12.6 Å². The van der Waals surface area contributed by atoms with E-state index in [1.807, 2.05) is 12.1 Å². The van der Waals surface area contributed by atoms with E-state index in [9.17, 15) is 0 Å². The molecule has 0 atom stereocenters. The molecule has 0 fully saturated rings. The van der Waals surface area contributed by atoms with Crippen LogP contribution < -0.4 is 0 Å². The Labute approximate surface area is 76.8 Å². The predicted molar refractivity (Wildman–Crippen MR) is 52.9 cm³/mol. The molecule has 1 nitrogen and oxygen atoms in total. The van der Waals surface area contributed by atoms with E-state index in [1.54, 1.807) is 0 Å². The Morgan fingerprint density at radius 2 is 2.00 bits per heavy atom. The third-order valence-corrected chi connectivity index (χ3v) is 2.45. The van der Waals surface area contributed by atoms with E-state index in [0.717, 1.165) is 5.58 Å². The maximum Gasteiger partial charge on any atom is 0.158 e. The standard InChI is InChI=1S/C10H10OS/c1-6-3-4-9-8(7(6)2)5-10(12)11-9/h3-5,12H,1-2H3. The van der Waals surface area contributed by atoms with Crippen molar-refractivity contribution < 1.29 is 4.42 Å². The second-order valence-corrected chi connectivity index (χ2v) is 3.44. The van der Waals surface area contributed by atoms with Gasteiger partial charge in [-0.3, -0.25) is 0 Å². The molecule has 0 bridgehead atoms. The molecule has 0 aliphatic rings. The molecule has 1 heterocycles. The minimum Gasteiger partial charge on any atom is -0.450 e. The number of benzene rings is 1. The summed E-state index contributed by atoms with van der Waals surface area (Å²) in [6.07, 6.45) is 0. The smallest absolute Gasteiger partial charge is 0.158 e. The lowest BCUT2D eigenvalue weighted by Gasteiger charge is -1.98.